The van der Waals surface area contributed by atoms with E-state index in [-0.39, 0.29) is 0 Å². The highest BCUT2D eigenvalue weighted by Gasteiger charge is 2.33. The molecule has 104 valence electrons. The van der Waals surface area contributed by atoms with Crippen LogP contribution < -0.4 is 0 Å². The average molecular weight is 250 g/mol. The van der Waals surface area contributed by atoms with Gasteiger partial charge in [0.15, 0.2) is 0 Å². The molecule has 0 bridgehead atoms. The maximum absolute atomic E-state index is 11.0. The van der Waals surface area contributed by atoms with Crippen LogP contribution >= 0.6 is 0 Å². The molecule has 1 N–H and O–H groups in total. The number of hydrogen-bond donors (Lipinski definition) is 1. The van der Waals surface area contributed by atoms with E-state index in [1.54, 1.807) is 0 Å². The highest BCUT2D eigenvalue weighted by molar-refractivity contribution is 5.18. The Labute approximate surface area is 113 Å². The van der Waals surface area contributed by atoms with Gasteiger partial charge in [-0.3, -0.25) is 0 Å². The molecule has 0 spiro atoms. The molecule has 1 saturated carbocycles. The van der Waals surface area contributed by atoms with Crippen LogP contribution in [0.1, 0.15) is 84.0 Å². The van der Waals surface area contributed by atoms with Gasteiger partial charge < -0.3 is 5.11 Å². The van der Waals surface area contributed by atoms with E-state index in [0.717, 1.165) is 25.2 Å². The van der Waals surface area contributed by atoms with Crippen molar-refractivity contribution >= 4 is 0 Å². The fraction of sp³-hybridized carbons (Fsp3) is 0.882. The lowest BCUT2D eigenvalue weighted by atomic mass is 9.83. The lowest BCUT2D eigenvalue weighted by Gasteiger charge is -2.30. The predicted octanol–water partition coefficient (Wildman–Crippen LogP) is 4.99. The molecule has 2 atom stereocenters. The van der Waals surface area contributed by atoms with E-state index in [1.165, 1.54) is 63.4 Å². The molecule has 0 radical (unpaired) electrons. The Hall–Kier alpha value is -0.300. The molecule has 18 heavy (non-hydrogen) atoms. The zero-order chi connectivity index (χ0) is 12.8. The molecule has 2 unspecified atom stereocenters. The van der Waals surface area contributed by atoms with Crippen molar-refractivity contribution in [2.75, 3.05) is 0 Å². The van der Waals surface area contributed by atoms with E-state index in [9.17, 15) is 5.11 Å². The van der Waals surface area contributed by atoms with Crippen molar-refractivity contribution < 1.29 is 5.11 Å². The zero-order valence-corrected chi connectivity index (χ0v) is 12.1. The second-order valence-corrected chi connectivity index (χ2v) is 6.45. The summed E-state index contributed by atoms with van der Waals surface area (Å²) in [6, 6.07) is 0. The number of rotatable bonds is 3. The fourth-order valence-corrected chi connectivity index (χ4v) is 3.85. The molecule has 0 amide bonds. The van der Waals surface area contributed by atoms with E-state index >= 15 is 0 Å². The number of hydrogen-bond acceptors (Lipinski definition) is 1. The summed E-state index contributed by atoms with van der Waals surface area (Å²) in [5.74, 6) is 0.871. The van der Waals surface area contributed by atoms with E-state index in [4.69, 9.17) is 0 Å². The summed E-state index contributed by atoms with van der Waals surface area (Å²) < 4.78 is 0. The Morgan fingerprint density at radius 2 is 2.06 bits per heavy atom. The Bertz CT molecular complexity index is 281. The monoisotopic (exact) mass is 250 g/mol. The van der Waals surface area contributed by atoms with Crippen LogP contribution in [0.25, 0.3) is 0 Å². The summed E-state index contributed by atoms with van der Waals surface area (Å²) in [5, 5.41) is 11.0. The highest BCUT2D eigenvalue weighted by atomic mass is 16.3. The van der Waals surface area contributed by atoms with Gasteiger partial charge in [0.1, 0.15) is 0 Å². The van der Waals surface area contributed by atoms with Crippen LogP contribution in [0.2, 0.25) is 0 Å². The van der Waals surface area contributed by atoms with Gasteiger partial charge in [0, 0.05) is 0 Å². The first-order valence-electron chi connectivity index (χ1n) is 8.16. The summed E-state index contributed by atoms with van der Waals surface area (Å²) in [6.45, 7) is 2.28. The Morgan fingerprint density at radius 1 is 1.17 bits per heavy atom. The smallest absolute Gasteiger partial charge is 0.0856 e. The van der Waals surface area contributed by atoms with Crippen LogP contribution in [-0.4, -0.2) is 10.7 Å². The van der Waals surface area contributed by atoms with Crippen LogP contribution in [0.3, 0.4) is 0 Å². The van der Waals surface area contributed by atoms with Crippen molar-refractivity contribution in [3.8, 4) is 0 Å². The Morgan fingerprint density at radius 3 is 2.89 bits per heavy atom. The van der Waals surface area contributed by atoms with Gasteiger partial charge in [0.05, 0.1) is 5.60 Å². The number of aliphatic hydroxyl groups is 1. The summed E-state index contributed by atoms with van der Waals surface area (Å²) in [6.07, 6.45) is 17.1. The summed E-state index contributed by atoms with van der Waals surface area (Å²) >= 11 is 0. The molecule has 0 aromatic carbocycles. The third kappa shape index (κ3) is 3.60. The lowest BCUT2D eigenvalue weighted by molar-refractivity contribution is 0.0572. The predicted molar refractivity (Wildman–Crippen MR) is 77.6 cm³/mol. The fourth-order valence-electron chi connectivity index (χ4n) is 3.85. The molecule has 1 fully saturated rings. The first kappa shape index (κ1) is 14.1. The van der Waals surface area contributed by atoms with Crippen molar-refractivity contribution in [1.82, 2.24) is 0 Å². The Balaban J connectivity index is 1.99. The van der Waals surface area contributed by atoms with Crippen molar-refractivity contribution in [2.24, 2.45) is 5.92 Å². The second-order valence-electron chi connectivity index (χ2n) is 6.45. The van der Waals surface area contributed by atoms with E-state index < -0.39 is 5.60 Å². The maximum Gasteiger partial charge on any atom is 0.0856 e. The molecule has 2 rings (SSSR count). The normalized spacial score (nSPS) is 34.6. The minimum Gasteiger partial charge on any atom is -0.386 e. The summed E-state index contributed by atoms with van der Waals surface area (Å²) in [4.78, 5) is 0. The molecule has 2 aliphatic carbocycles. The van der Waals surface area contributed by atoms with Crippen molar-refractivity contribution in [2.45, 2.75) is 89.6 Å². The van der Waals surface area contributed by atoms with Crippen LogP contribution in [0.15, 0.2) is 11.6 Å². The molecule has 1 heteroatoms. The van der Waals surface area contributed by atoms with Crippen LogP contribution in [0.5, 0.6) is 0 Å². The second kappa shape index (κ2) is 6.75. The van der Waals surface area contributed by atoms with Gasteiger partial charge >= 0.3 is 0 Å². The Kier molecular flexibility index (Phi) is 5.29. The van der Waals surface area contributed by atoms with Crippen molar-refractivity contribution in [3.05, 3.63) is 11.6 Å². The van der Waals surface area contributed by atoms with Crippen LogP contribution in [0, 0.1) is 5.92 Å². The molecular weight excluding hydrogens is 220 g/mol. The minimum atomic E-state index is -0.438. The van der Waals surface area contributed by atoms with Gasteiger partial charge in [0.2, 0.25) is 0 Å². The molecule has 0 aromatic heterocycles. The summed E-state index contributed by atoms with van der Waals surface area (Å²) in [5.41, 5.74) is 0.949. The zero-order valence-electron chi connectivity index (χ0n) is 12.1. The van der Waals surface area contributed by atoms with E-state index in [1.807, 2.05) is 0 Å². The topological polar surface area (TPSA) is 20.2 Å². The molecule has 1 nitrogen and oxygen atoms in total. The third-order valence-electron chi connectivity index (χ3n) is 5.00. The molecule has 0 aliphatic heterocycles. The van der Waals surface area contributed by atoms with Gasteiger partial charge in [-0.15, -0.1) is 0 Å². The van der Waals surface area contributed by atoms with Crippen molar-refractivity contribution in [3.63, 3.8) is 0 Å². The summed E-state index contributed by atoms with van der Waals surface area (Å²) in [7, 11) is 0. The van der Waals surface area contributed by atoms with E-state index in [2.05, 4.69) is 13.0 Å². The highest BCUT2D eigenvalue weighted by Crippen LogP contribution is 2.39. The first-order valence-corrected chi connectivity index (χ1v) is 8.16. The maximum atomic E-state index is 11.0. The minimum absolute atomic E-state index is 0.438. The van der Waals surface area contributed by atoms with Gasteiger partial charge in [-0.1, -0.05) is 38.7 Å². The van der Waals surface area contributed by atoms with Gasteiger partial charge in [-0.2, -0.15) is 0 Å². The lowest BCUT2D eigenvalue weighted by Crippen LogP contribution is -2.30. The molecule has 2 aliphatic rings. The standard InChI is InChI=1S/C17H30O/c1-2-8-15-9-7-13-17(18,14-12-15)16-10-5-3-4-6-11-16/h10,15,18H,2-9,11-14H2,1H3. The quantitative estimate of drug-likeness (QED) is 0.552. The molecule has 0 heterocycles. The average Bonchev–Trinajstić information content (AvgIpc) is 2.72. The first-order chi connectivity index (χ1) is 8.74. The molecule has 0 saturated heterocycles. The molecule has 0 aromatic rings. The van der Waals surface area contributed by atoms with Gasteiger partial charge in [0.25, 0.3) is 0 Å². The van der Waals surface area contributed by atoms with E-state index in [0.29, 0.717) is 0 Å². The number of allylic oxidation sites excluding steroid dienone is 1. The van der Waals surface area contributed by atoms with Crippen LogP contribution in [0.4, 0.5) is 0 Å². The molecular formula is C17H30O. The van der Waals surface area contributed by atoms with Crippen LogP contribution in [-0.2, 0) is 0 Å². The SMILES string of the molecule is CCCC1CCCC(O)(C2=CCCCCC2)CC1. The largest absolute Gasteiger partial charge is 0.386 e. The third-order valence-corrected chi connectivity index (χ3v) is 5.00. The van der Waals surface area contributed by atoms with Crippen molar-refractivity contribution in [1.29, 1.82) is 0 Å². The van der Waals surface area contributed by atoms with Gasteiger partial charge in [-0.05, 0) is 62.9 Å². The van der Waals surface area contributed by atoms with Gasteiger partial charge in [-0.25, -0.2) is 0 Å².